The number of aliphatic hydroxyl groups is 1. The van der Waals surface area contributed by atoms with E-state index in [9.17, 15) is 14.3 Å². The van der Waals surface area contributed by atoms with Crippen molar-refractivity contribution in [3.05, 3.63) is 65.7 Å². The van der Waals surface area contributed by atoms with Gasteiger partial charge in [0.1, 0.15) is 11.6 Å². The summed E-state index contributed by atoms with van der Waals surface area (Å²) >= 11 is 0. The van der Waals surface area contributed by atoms with Crippen molar-refractivity contribution in [1.29, 1.82) is 0 Å². The summed E-state index contributed by atoms with van der Waals surface area (Å²) in [6.45, 7) is 0. The zero-order valence-electron chi connectivity index (χ0n) is 14.2. The number of halogens is 1. The van der Waals surface area contributed by atoms with Gasteiger partial charge in [0.15, 0.2) is 0 Å². The lowest BCUT2D eigenvalue weighted by Crippen LogP contribution is -2.42. The Bertz CT molecular complexity index is 883. The lowest BCUT2D eigenvalue weighted by molar-refractivity contribution is -0.122. The van der Waals surface area contributed by atoms with Gasteiger partial charge in [0, 0.05) is 0 Å². The minimum atomic E-state index is -0.324. The summed E-state index contributed by atoms with van der Waals surface area (Å²) in [6.07, 6.45) is 1.08. The van der Waals surface area contributed by atoms with Crippen LogP contribution in [0.15, 0.2) is 48.5 Å². The third-order valence-electron chi connectivity index (χ3n) is 4.93. The van der Waals surface area contributed by atoms with Gasteiger partial charge in [-0.25, -0.2) is 9.37 Å². The summed E-state index contributed by atoms with van der Waals surface area (Å²) in [7, 11) is 0. The molecule has 0 bridgehead atoms. The molecule has 0 saturated heterocycles. The van der Waals surface area contributed by atoms with Gasteiger partial charge in [-0.05, 0) is 48.6 Å². The average Bonchev–Trinajstić information content (AvgIpc) is 3.00. The third kappa shape index (κ3) is 3.46. The van der Waals surface area contributed by atoms with Crippen LogP contribution in [-0.4, -0.2) is 27.1 Å². The molecule has 2 aromatic carbocycles. The van der Waals surface area contributed by atoms with Crippen molar-refractivity contribution in [1.82, 2.24) is 15.3 Å². The van der Waals surface area contributed by atoms with Gasteiger partial charge in [-0.15, -0.1) is 0 Å². The first-order chi connectivity index (χ1) is 12.6. The maximum atomic E-state index is 13.2. The van der Waals surface area contributed by atoms with Gasteiger partial charge in [0.2, 0.25) is 5.91 Å². The normalized spacial score (nSPS) is 20.5. The molecule has 3 N–H and O–H groups in total. The molecular formula is C20H20FN3O2. The van der Waals surface area contributed by atoms with Crippen molar-refractivity contribution >= 4 is 16.9 Å². The Morgan fingerprint density at radius 2 is 1.96 bits per heavy atom. The summed E-state index contributed by atoms with van der Waals surface area (Å²) in [6, 6.07) is 13.5. The molecule has 1 aliphatic carbocycles. The van der Waals surface area contributed by atoms with Crippen LogP contribution in [-0.2, 0) is 11.2 Å². The molecule has 6 heteroatoms. The molecule has 1 atom stereocenters. The molecule has 1 saturated carbocycles. The van der Waals surface area contributed by atoms with E-state index in [1.165, 1.54) is 12.1 Å². The first-order valence-electron chi connectivity index (χ1n) is 8.75. The zero-order valence-corrected chi connectivity index (χ0v) is 14.2. The Kier molecular flexibility index (Phi) is 4.42. The van der Waals surface area contributed by atoms with Crippen LogP contribution in [0.5, 0.6) is 0 Å². The second-order valence-electron chi connectivity index (χ2n) is 6.86. The van der Waals surface area contributed by atoms with Crippen LogP contribution in [0.25, 0.3) is 11.0 Å². The maximum Gasteiger partial charge on any atom is 0.228 e. The number of hydrogen-bond donors (Lipinski definition) is 3. The maximum absolute atomic E-state index is 13.2. The largest absolute Gasteiger partial charge is 0.393 e. The van der Waals surface area contributed by atoms with Crippen LogP contribution in [0.4, 0.5) is 4.39 Å². The molecule has 1 heterocycles. The van der Waals surface area contributed by atoms with Gasteiger partial charge in [-0.3, -0.25) is 4.79 Å². The van der Waals surface area contributed by atoms with Gasteiger partial charge in [0.05, 0.1) is 29.6 Å². The molecule has 0 radical (unpaired) electrons. The van der Waals surface area contributed by atoms with E-state index >= 15 is 0 Å². The predicted molar refractivity (Wildman–Crippen MR) is 95.8 cm³/mol. The Labute approximate surface area is 150 Å². The summed E-state index contributed by atoms with van der Waals surface area (Å²) in [4.78, 5) is 20.1. The minimum Gasteiger partial charge on any atom is -0.393 e. The van der Waals surface area contributed by atoms with Gasteiger partial charge in [0.25, 0.3) is 0 Å². The summed E-state index contributed by atoms with van der Waals surface area (Å²) in [5.41, 5.74) is 2.57. The minimum absolute atomic E-state index is 0.141. The number of nitrogens with one attached hydrogen (secondary N) is 2. The molecule has 0 aliphatic heterocycles. The lowest BCUT2D eigenvalue weighted by Gasteiger charge is -2.38. The lowest BCUT2D eigenvalue weighted by atomic mass is 9.75. The fourth-order valence-corrected chi connectivity index (χ4v) is 3.51. The molecule has 0 unspecified atom stereocenters. The Morgan fingerprint density at radius 3 is 2.65 bits per heavy atom. The quantitative estimate of drug-likeness (QED) is 0.660. The number of aromatic nitrogens is 2. The van der Waals surface area contributed by atoms with Crippen molar-refractivity contribution in [2.24, 2.45) is 5.92 Å². The topological polar surface area (TPSA) is 78.0 Å². The molecule has 5 nitrogen and oxygen atoms in total. The average molecular weight is 353 g/mol. The SMILES string of the molecule is O=C(Cc1nc2ccccc2[nH]1)N[C@H](c1ccc(F)cc1)C1CC(O)C1. The highest BCUT2D eigenvalue weighted by Gasteiger charge is 2.35. The number of rotatable bonds is 5. The molecule has 134 valence electrons. The van der Waals surface area contributed by atoms with Crippen molar-refractivity contribution in [3.8, 4) is 0 Å². The smallest absolute Gasteiger partial charge is 0.228 e. The summed E-state index contributed by atoms with van der Waals surface area (Å²) < 4.78 is 13.2. The first-order valence-corrected chi connectivity index (χ1v) is 8.75. The number of nitrogens with zero attached hydrogens (tertiary/aromatic N) is 1. The molecule has 1 fully saturated rings. The number of aromatic amines is 1. The van der Waals surface area contributed by atoms with E-state index in [1.54, 1.807) is 12.1 Å². The second kappa shape index (κ2) is 6.88. The van der Waals surface area contributed by atoms with E-state index < -0.39 is 0 Å². The predicted octanol–water partition coefficient (Wildman–Crippen LogP) is 2.87. The van der Waals surface area contributed by atoms with E-state index in [2.05, 4.69) is 15.3 Å². The highest BCUT2D eigenvalue weighted by Crippen LogP contribution is 2.38. The highest BCUT2D eigenvalue weighted by atomic mass is 19.1. The van der Waals surface area contributed by atoms with Gasteiger partial charge in [-0.2, -0.15) is 0 Å². The highest BCUT2D eigenvalue weighted by molar-refractivity contribution is 5.80. The van der Waals surface area contributed by atoms with E-state index in [0.717, 1.165) is 16.6 Å². The number of hydrogen-bond acceptors (Lipinski definition) is 3. The standard InChI is InChI=1S/C20H20FN3O2/c21-14-7-5-12(6-8-14)20(13-9-15(25)10-13)24-19(26)11-18-22-16-3-1-2-4-17(16)23-18/h1-8,13,15,20,25H,9-11H2,(H,22,23)(H,24,26)/t13?,15?,20-/m1/s1. The molecule has 3 aromatic rings. The van der Waals surface area contributed by atoms with E-state index in [4.69, 9.17) is 0 Å². The molecule has 1 aromatic heterocycles. The molecule has 1 aliphatic rings. The number of aliphatic hydroxyl groups excluding tert-OH is 1. The van der Waals surface area contributed by atoms with E-state index in [0.29, 0.717) is 18.7 Å². The Hall–Kier alpha value is -2.73. The van der Waals surface area contributed by atoms with E-state index in [1.807, 2.05) is 24.3 Å². The van der Waals surface area contributed by atoms with Crippen molar-refractivity contribution in [2.75, 3.05) is 0 Å². The van der Waals surface area contributed by atoms with Crippen molar-refractivity contribution in [2.45, 2.75) is 31.4 Å². The third-order valence-corrected chi connectivity index (χ3v) is 4.93. The van der Waals surface area contributed by atoms with Crippen LogP contribution < -0.4 is 5.32 Å². The first kappa shape index (κ1) is 16.7. The van der Waals surface area contributed by atoms with Crippen LogP contribution in [0.3, 0.4) is 0 Å². The molecule has 0 spiro atoms. The second-order valence-corrected chi connectivity index (χ2v) is 6.86. The zero-order chi connectivity index (χ0) is 18.1. The number of fused-ring (bicyclic) bond motifs is 1. The van der Waals surface area contributed by atoms with E-state index in [-0.39, 0.29) is 36.2 Å². The van der Waals surface area contributed by atoms with Crippen LogP contribution in [0.1, 0.15) is 30.3 Å². The van der Waals surface area contributed by atoms with Crippen LogP contribution in [0.2, 0.25) is 0 Å². The van der Waals surface area contributed by atoms with Gasteiger partial charge in [-0.1, -0.05) is 24.3 Å². The number of carbonyl (C=O) groups is 1. The Morgan fingerprint density at radius 1 is 1.23 bits per heavy atom. The number of H-pyrrole nitrogens is 1. The van der Waals surface area contributed by atoms with Gasteiger partial charge >= 0.3 is 0 Å². The molecule has 26 heavy (non-hydrogen) atoms. The fourth-order valence-electron chi connectivity index (χ4n) is 3.51. The number of para-hydroxylation sites is 2. The van der Waals surface area contributed by atoms with Crippen LogP contribution >= 0.6 is 0 Å². The summed E-state index contributed by atoms with van der Waals surface area (Å²) in [5, 5.41) is 12.7. The van der Waals surface area contributed by atoms with Gasteiger partial charge < -0.3 is 15.4 Å². The summed E-state index contributed by atoms with van der Waals surface area (Å²) in [5.74, 6) is 0.291. The Balaban J connectivity index is 1.49. The molecular weight excluding hydrogens is 333 g/mol. The van der Waals surface area contributed by atoms with Crippen molar-refractivity contribution in [3.63, 3.8) is 0 Å². The number of carbonyl (C=O) groups excluding carboxylic acids is 1. The molecule has 1 amide bonds. The number of amides is 1. The molecule has 4 rings (SSSR count). The number of benzene rings is 2. The van der Waals surface area contributed by atoms with Crippen molar-refractivity contribution < 1.29 is 14.3 Å². The number of imidazole rings is 1. The van der Waals surface area contributed by atoms with Crippen LogP contribution in [0, 0.1) is 11.7 Å². The fraction of sp³-hybridized carbons (Fsp3) is 0.300. The monoisotopic (exact) mass is 353 g/mol.